The predicted molar refractivity (Wildman–Crippen MR) is 65.9 cm³/mol. The van der Waals surface area contributed by atoms with Crippen LogP contribution in [0, 0.1) is 12.7 Å². The van der Waals surface area contributed by atoms with Crippen LogP contribution < -0.4 is 10.5 Å². The summed E-state index contributed by atoms with van der Waals surface area (Å²) in [6.45, 7) is 3.83. The number of rotatable bonds is 6. The van der Waals surface area contributed by atoms with Crippen LogP contribution in [0.5, 0.6) is 5.75 Å². The predicted octanol–water partition coefficient (Wildman–Crippen LogP) is 1.79. The molecule has 0 bridgehead atoms. The van der Waals surface area contributed by atoms with Crippen molar-refractivity contribution in [2.75, 3.05) is 13.2 Å². The lowest BCUT2D eigenvalue weighted by Gasteiger charge is -2.12. The number of ether oxygens (including phenoxy) is 2. The molecule has 4 nitrogen and oxygen atoms in total. The van der Waals surface area contributed by atoms with E-state index in [1.165, 1.54) is 6.07 Å². The van der Waals surface area contributed by atoms with Gasteiger partial charge in [-0.05, 0) is 25.5 Å². The third-order valence-corrected chi connectivity index (χ3v) is 2.43. The van der Waals surface area contributed by atoms with Crippen molar-refractivity contribution in [1.29, 1.82) is 0 Å². The van der Waals surface area contributed by atoms with Gasteiger partial charge in [-0.25, -0.2) is 4.39 Å². The van der Waals surface area contributed by atoms with Gasteiger partial charge in [-0.3, -0.25) is 4.79 Å². The van der Waals surface area contributed by atoms with Gasteiger partial charge in [0.15, 0.2) is 11.6 Å². The number of halogens is 1. The summed E-state index contributed by atoms with van der Waals surface area (Å²) in [7, 11) is 0. The molecule has 0 saturated carbocycles. The van der Waals surface area contributed by atoms with E-state index in [1.54, 1.807) is 26.0 Å². The molecule has 0 aliphatic heterocycles. The van der Waals surface area contributed by atoms with Gasteiger partial charge < -0.3 is 15.2 Å². The topological polar surface area (TPSA) is 61.5 Å². The van der Waals surface area contributed by atoms with Crippen molar-refractivity contribution in [2.45, 2.75) is 26.3 Å². The van der Waals surface area contributed by atoms with Gasteiger partial charge in [-0.2, -0.15) is 0 Å². The zero-order chi connectivity index (χ0) is 13.5. The molecular formula is C13H18FNO3. The molecule has 2 N–H and O–H groups in total. The van der Waals surface area contributed by atoms with Gasteiger partial charge in [-0.15, -0.1) is 0 Å². The maximum atomic E-state index is 13.6. The zero-order valence-corrected chi connectivity index (χ0v) is 10.6. The average Bonchev–Trinajstić information content (AvgIpc) is 2.34. The van der Waals surface area contributed by atoms with Crippen LogP contribution in [0.2, 0.25) is 0 Å². The summed E-state index contributed by atoms with van der Waals surface area (Å²) in [5, 5.41) is 0. The van der Waals surface area contributed by atoms with E-state index in [1.807, 2.05) is 0 Å². The molecule has 1 unspecified atom stereocenters. The van der Waals surface area contributed by atoms with Crippen LogP contribution in [0.3, 0.4) is 0 Å². The number of hydrogen-bond acceptors (Lipinski definition) is 4. The Hall–Kier alpha value is -1.62. The lowest BCUT2D eigenvalue weighted by molar-refractivity contribution is -0.145. The summed E-state index contributed by atoms with van der Waals surface area (Å²) in [5.74, 6) is -0.681. The first kappa shape index (κ1) is 14.4. The van der Waals surface area contributed by atoms with Crippen LogP contribution in [-0.2, 0) is 9.53 Å². The Morgan fingerprint density at radius 3 is 2.89 bits per heavy atom. The van der Waals surface area contributed by atoms with Crippen LogP contribution in [0.1, 0.15) is 18.9 Å². The molecule has 0 aliphatic rings. The van der Waals surface area contributed by atoms with E-state index in [9.17, 15) is 9.18 Å². The fraction of sp³-hybridized carbons (Fsp3) is 0.462. The van der Waals surface area contributed by atoms with E-state index in [0.717, 1.165) is 0 Å². The number of benzene rings is 1. The molecule has 1 rings (SSSR count). The second kappa shape index (κ2) is 6.96. The maximum Gasteiger partial charge on any atom is 0.323 e. The van der Waals surface area contributed by atoms with Gasteiger partial charge >= 0.3 is 5.97 Å². The normalized spacial score (nSPS) is 12.0. The molecular weight excluding hydrogens is 237 g/mol. The quantitative estimate of drug-likeness (QED) is 0.787. The minimum absolute atomic E-state index is 0.167. The summed E-state index contributed by atoms with van der Waals surface area (Å²) in [6.07, 6.45) is 0.284. The van der Waals surface area contributed by atoms with Crippen molar-refractivity contribution in [3.63, 3.8) is 0 Å². The van der Waals surface area contributed by atoms with E-state index in [4.69, 9.17) is 15.2 Å². The minimum Gasteiger partial charge on any atom is -0.490 e. The summed E-state index contributed by atoms with van der Waals surface area (Å²) < 4.78 is 23.6. The molecule has 0 amide bonds. The molecule has 5 heteroatoms. The second-order valence-electron chi connectivity index (χ2n) is 3.88. The second-order valence-corrected chi connectivity index (χ2v) is 3.88. The standard InChI is InChI=1S/C13H18FNO3/c1-3-17-13(16)10(15)7-8-18-11-6-4-5-9(2)12(11)14/h4-6,10H,3,7-8,15H2,1-2H3. The molecule has 0 fully saturated rings. The molecule has 0 spiro atoms. The zero-order valence-electron chi connectivity index (χ0n) is 10.6. The fourth-order valence-electron chi connectivity index (χ4n) is 1.39. The Labute approximate surface area is 106 Å². The number of hydrogen-bond donors (Lipinski definition) is 1. The van der Waals surface area contributed by atoms with Crippen LogP contribution in [-0.4, -0.2) is 25.2 Å². The first-order chi connectivity index (χ1) is 8.56. The van der Waals surface area contributed by atoms with Gasteiger partial charge in [0.1, 0.15) is 6.04 Å². The highest BCUT2D eigenvalue weighted by atomic mass is 19.1. The molecule has 1 atom stereocenters. The first-order valence-corrected chi connectivity index (χ1v) is 5.86. The van der Waals surface area contributed by atoms with Crippen molar-refractivity contribution >= 4 is 5.97 Å². The Bertz CT molecular complexity index is 409. The van der Waals surface area contributed by atoms with Crippen molar-refractivity contribution in [2.24, 2.45) is 5.73 Å². The molecule has 100 valence electrons. The molecule has 0 heterocycles. The number of carbonyl (C=O) groups excluding carboxylic acids is 1. The van der Waals surface area contributed by atoms with E-state index >= 15 is 0 Å². The molecule has 0 radical (unpaired) electrons. The number of nitrogens with two attached hydrogens (primary N) is 1. The highest BCUT2D eigenvalue weighted by Crippen LogP contribution is 2.19. The number of esters is 1. The van der Waals surface area contributed by atoms with Crippen LogP contribution in [0.15, 0.2) is 18.2 Å². The highest BCUT2D eigenvalue weighted by Gasteiger charge is 2.14. The van der Waals surface area contributed by atoms with Crippen molar-refractivity contribution in [3.05, 3.63) is 29.6 Å². The van der Waals surface area contributed by atoms with Crippen LogP contribution >= 0.6 is 0 Å². The summed E-state index contributed by atoms with van der Waals surface area (Å²) in [5.41, 5.74) is 6.10. The first-order valence-electron chi connectivity index (χ1n) is 5.86. The number of aryl methyl sites for hydroxylation is 1. The molecule has 18 heavy (non-hydrogen) atoms. The molecule has 0 aromatic heterocycles. The maximum absolute atomic E-state index is 13.6. The van der Waals surface area contributed by atoms with Gasteiger partial charge in [0.2, 0.25) is 0 Å². The highest BCUT2D eigenvalue weighted by molar-refractivity contribution is 5.75. The lowest BCUT2D eigenvalue weighted by Crippen LogP contribution is -2.33. The molecule has 0 aliphatic carbocycles. The smallest absolute Gasteiger partial charge is 0.323 e. The lowest BCUT2D eigenvalue weighted by atomic mass is 10.2. The van der Waals surface area contributed by atoms with Gasteiger partial charge in [-0.1, -0.05) is 12.1 Å². The Balaban J connectivity index is 2.42. The molecule has 0 saturated heterocycles. The van der Waals surface area contributed by atoms with E-state index in [2.05, 4.69) is 0 Å². The van der Waals surface area contributed by atoms with Crippen LogP contribution in [0.4, 0.5) is 4.39 Å². The van der Waals surface area contributed by atoms with Crippen LogP contribution in [0.25, 0.3) is 0 Å². The van der Waals surface area contributed by atoms with E-state index in [-0.39, 0.29) is 24.6 Å². The van der Waals surface area contributed by atoms with Crippen molar-refractivity contribution < 1.29 is 18.7 Å². The molecule has 1 aromatic carbocycles. The van der Waals surface area contributed by atoms with Crippen molar-refractivity contribution in [3.8, 4) is 5.75 Å². The van der Waals surface area contributed by atoms with E-state index in [0.29, 0.717) is 12.2 Å². The summed E-state index contributed by atoms with van der Waals surface area (Å²) in [6, 6.07) is 4.17. The Morgan fingerprint density at radius 2 is 2.22 bits per heavy atom. The fourth-order valence-corrected chi connectivity index (χ4v) is 1.39. The average molecular weight is 255 g/mol. The minimum atomic E-state index is -0.738. The largest absolute Gasteiger partial charge is 0.490 e. The Kier molecular flexibility index (Phi) is 5.58. The van der Waals surface area contributed by atoms with Crippen molar-refractivity contribution in [1.82, 2.24) is 0 Å². The monoisotopic (exact) mass is 255 g/mol. The van der Waals surface area contributed by atoms with Gasteiger partial charge in [0, 0.05) is 6.42 Å². The third-order valence-electron chi connectivity index (χ3n) is 2.43. The van der Waals surface area contributed by atoms with E-state index < -0.39 is 12.0 Å². The number of carbonyl (C=O) groups is 1. The molecule has 1 aromatic rings. The third kappa shape index (κ3) is 4.00. The summed E-state index contributed by atoms with van der Waals surface area (Å²) in [4.78, 5) is 11.2. The Morgan fingerprint density at radius 1 is 1.50 bits per heavy atom. The van der Waals surface area contributed by atoms with Gasteiger partial charge in [0.05, 0.1) is 13.2 Å². The van der Waals surface area contributed by atoms with Gasteiger partial charge in [0.25, 0.3) is 0 Å². The summed E-state index contributed by atoms with van der Waals surface area (Å²) >= 11 is 0. The SMILES string of the molecule is CCOC(=O)C(N)CCOc1cccc(C)c1F.